The molecule has 0 aliphatic carbocycles. The predicted molar refractivity (Wildman–Crippen MR) is 89.2 cm³/mol. The van der Waals surface area contributed by atoms with E-state index >= 15 is 0 Å². The number of hydrogen-bond acceptors (Lipinski definition) is 7. The number of nitrogens with zero attached hydrogens (tertiary/aromatic N) is 1. The van der Waals surface area contributed by atoms with Crippen molar-refractivity contribution >= 4 is 7.82 Å². The maximum Gasteiger partial charge on any atom is 0.472 e. The minimum Gasteiger partial charge on any atom is -0.392 e. The number of phosphoric acid groups is 1. The third kappa shape index (κ3) is 7.64. The second-order valence-electron chi connectivity index (χ2n) is 5.83. The van der Waals surface area contributed by atoms with Gasteiger partial charge in [0, 0.05) is 19.4 Å². The first kappa shape index (κ1) is 21.8. The van der Waals surface area contributed by atoms with Gasteiger partial charge in [-0.3, -0.25) is 23.4 Å². The third-order valence-corrected chi connectivity index (χ3v) is 4.32. The van der Waals surface area contributed by atoms with Crippen LogP contribution in [0.2, 0.25) is 0 Å². The molecule has 11 heteroatoms. The van der Waals surface area contributed by atoms with Crippen LogP contribution < -0.4 is 11.2 Å². The van der Waals surface area contributed by atoms with Crippen molar-refractivity contribution in [2.75, 3.05) is 20.3 Å². The number of hydrogen-bond donors (Lipinski definition) is 3. The minimum absolute atomic E-state index is 0.261. The lowest BCUT2D eigenvalue weighted by molar-refractivity contribution is -0.101. The van der Waals surface area contributed by atoms with Crippen LogP contribution in [0.5, 0.6) is 0 Å². The quantitative estimate of drug-likeness (QED) is 0.475. The van der Waals surface area contributed by atoms with Gasteiger partial charge in [0.1, 0.15) is 0 Å². The lowest BCUT2D eigenvalue weighted by Crippen LogP contribution is -2.36. The van der Waals surface area contributed by atoms with Crippen molar-refractivity contribution in [3.63, 3.8) is 0 Å². The van der Waals surface area contributed by atoms with E-state index in [4.69, 9.17) is 9.26 Å². The van der Waals surface area contributed by atoms with Crippen LogP contribution in [-0.2, 0) is 18.3 Å². The average Bonchev–Trinajstić information content (AvgIpc) is 2.55. The maximum absolute atomic E-state index is 11.8. The average molecular weight is 380 g/mol. The molecule has 0 saturated heterocycles. The Hall–Kier alpha value is -1.29. The van der Waals surface area contributed by atoms with E-state index in [0.29, 0.717) is 12.3 Å². The Morgan fingerprint density at radius 2 is 2.00 bits per heavy atom. The summed E-state index contributed by atoms with van der Waals surface area (Å²) >= 11 is 0. The number of rotatable bonds is 11. The minimum atomic E-state index is -4.17. The predicted octanol–water partition coefficient (Wildman–Crippen LogP) is 0.612. The van der Waals surface area contributed by atoms with E-state index in [2.05, 4.69) is 9.51 Å². The van der Waals surface area contributed by atoms with Crippen molar-refractivity contribution in [1.82, 2.24) is 9.55 Å². The van der Waals surface area contributed by atoms with Gasteiger partial charge in [0.25, 0.3) is 5.56 Å². The summed E-state index contributed by atoms with van der Waals surface area (Å²) < 4.78 is 27.3. The Labute approximate surface area is 145 Å². The molecule has 0 saturated carbocycles. The first-order valence-electron chi connectivity index (χ1n) is 7.79. The van der Waals surface area contributed by atoms with E-state index in [-0.39, 0.29) is 6.61 Å². The topological polar surface area (TPSA) is 140 Å². The van der Waals surface area contributed by atoms with E-state index in [1.165, 1.54) is 6.20 Å². The van der Waals surface area contributed by atoms with Gasteiger partial charge in [0.15, 0.2) is 6.23 Å². The number of H-pyrrole nitrogens is 1. The highest BCUT2D eigenvalue weighted by molar-refractivity contribution is 7.47. The van der Waals surface area contributed by atoms with E-state index in [9.17, 15) is 24.2 Å². The second kappa shape index (κ2) is 10.0. The number of aromatic nitrogens is 2. The SMILES string of the molecule is COP(=O)(O)OC[C@@H](CCC(C)C)O[C@H](CO)n1ccc(=O)[nH]c1=O. The lowest BCUT2D eigenvalue weighted by Gasteiger charge is -2.25. The molecule has 0 radical (unpaired) electrons. The van der Waals surface area contributed by atoms with Crippen molar-refractivity contribution in [2.45, 2.75) is 39.0 Å². The Morgan fingerprint density at radius 3 is 2.52 bits per heavy atom. The molecule has 1 unspecified atom stereocenters. The van der Waals surface area contributed by atoms with Crippen molar-refractivity contribution in [3.05, 3.63) is 33.1 Å². The van der Waals surface area contributed by atoms with Crippen LogP contribution in [-0.4, -0.2) is 46.0 Å². The zero-order chi connectivity index (χ0) is 19.0. The number of ether oxygens (including phenoxy) is 1. The molecule has 0 aliphatic heterocycles. The summed E-state index contributed by atoms with van der Waals surface area (Å²) in [6.45, 7) is 3.20. The molecule has 144 valence electrons. The molecule has 3 atom stereocenters. The van der Waals surface area contributed by atoms with Gasteiger partial charge >= 0.3 is 13.5 Å². The highest BCUT2D eigenvalue weighted by atomic mass is 31.2. The van der Waals surface area contributed by atoms with Crippen LogP contribution in [0.3, 0.4) is 0 Å². The fourth-order valence-electron chi connectivity index (χ4n) is 2.01. The van der Waals surface area contributed by atoms with Crippen LogP contribution in [0.1, 0.15) is 32.9 Å². The van der Waals surface area contributed by atoms with Gasteiger partial charge in [-0.1, -0.05) is 13.8 Å². The highest BCUT2D eigenvalue weighted by Gasteiger charge is 2.25. The van der Waals surface area contributed by atoms with Crippen LogP contribution in [0.4, 0.5) is 0 Å². The summed E-state index contributed by atoms with van der Waals surface area (Å²) in [4.78, 5) is 34.4. The first-order chi connectivity index (χ1) is 11.7. The number of aliphatic hydroxyl groups excluding tert-OH is 1. The summed E-state index contributed by atoms with van der Waals surface area (Å²) in [5, 5.41) is 9.53. The molecule has 1 aromatic heterocycles. The zero-order valence-electron chi connectivity index (χ0n) is 14.5. The molecular formula is C14H25N2O8P. The van der Waals surface area contributed by atoms with Gasteiger partial charge in [0.05, 0.1) is 19.3 Å². The number of aromatic amines is 1. The first-order valence-corrected chi connectivity index (χ1v) is 9.29. The molecule has 0 bridgehead atoms. The number of phosphoric ester groups is 1. The molecule has 0 spiro atoms. The monoisotopic (exact) mass is 380 g/mol. The summed E-state index contributed by atoms with van der Waals surface area (Å²) in [6, 6.07) is 1.12. The smallest absolute Gasteiger partial charge is 0.392 e. The van der Waals surface area contributed by atoms with Gasteiger partial charge in [-0.05, 0) is 18.8 Å². The Balaban J connectivity index is 2.89. The van der Waals surface area contributed by atoms with Gasteiger partial charge < -0.3 is 14.7 Å². The van der Waals surface area contributed by atoms with Crippen molar-refractivity contribution in [3.8, 4) is 0 Å². The molecule has 25 heavy (non-hydrogen) atoms. The molecule has 10 nitrogen and oxygen atoms in total. The van der Waals surface area contributed by atoms with E-state index in [0.717, 1.165) is 24.2 Å². The van der Waals surface area contributed by atoms with Crippen molar-refractivity contribution in [2.24, 2.45) is 5.92 Å². The lowest BCUT2D eigenvalue weighted by atomic mass is 10.1. The van der Waals surface area contributed by atoms with E-state index in [1.807, 2.05) is 13.8 Å². The molecule has 1 aromatic rings. The molecule has 0 fully saturated rings. The van der Waals surface area contributed by atoms with Crippen molar-refractivity contribution < 1.29 is 28.3 Å². The molecule has 0 aliphatic rings. The van der Waals surface area contributed by atoms with Gasteiger partial charge in [0.2, 0.25) is 0 Å². The largest absolute Gasteiger partial charge is 0.472 e. The summed E-state index contributed by atoms with van der Waals surface area (Å²) in [7, 11) is -3.13. The number of nitrogens with one attached hydrogen (secondary N) is 1. The number of aliphatic hydroxyl groups is 1. The molecule has 0 aromatic carbocycles. The van der Waals surface area contributed by atoms with Crippen molar-refractivity contribution in [1.29, 1.82) is 0 Å². The Bertz CT molecular complexity index is 686. The van der Waals surface area contributed by atoms with E-state index < -0.39 is 38.0 Å². The maximum atomic E-state index is 11.8. The molecule has 1 rings (SSSR count). The normalized spacial score (nSPS) is 16.6. The second-order valence-corrected chi connectivity index (χ2v) is 7.39. The van der Waals surface area contributed by atoms with Crippen LogP contribution in [0.25, 0.3) is 0 Å². The van der Waals surface area contributed by atoms with Crippen LogP contribution in [0, 0.1) is 5.92 Å². The molecule has 0 amide bonds. The molecule has 3 N–H and O–H groups in total. The molecular weight excluding hydrogens is 355 g/mol. The van der Waals surface area contributed by atoms with E-state index in [1.54, 1.807) is 0 Å². The van der Waals surface area contributed by atoms with Gasteiger partial charge in [-0.15, -0.1) is 0 Å². The summed E-state index contributed by atoms with van der Waals surface area (Å²) in [5.74, 6) is 0.345. The third-order valence-electron chi connectivity index (χ3n) is 3.39. The van der Waals surface area contributed by atoms with Gasteiger partial charge in [-0.25, -0.2) is 9.36 Å². The van der Waals surface area contributed by atoms with Gasteiger partial charge in [-0.2, -0.15) is 0 Å². The summed E-state index contributed by atoms with van der Waals surface area (Å²) in [5.41, 5.74) is -1.31. The van der Waals surface area contributed by atoms with Crippen LogP contribution >= 0.6 is 7.82 Å². The Morgan fingerprint density at radius 1 is 1.32 bits per heavy atom. The zero-order valence-corrected chi connectivity index (χ0v) is 15.3. The Kier molecular flexibility index (Phi) is 8.70. The fraction of sp³-hybridized carbons (Fsp3) is 0.714. The molecule has 1 heterocycles. The van der Waals surface area contributed by atoms with Crippen LogP contribution in [0.15, 0.2) is 21.9 Å². The standard InChI is InChI=1S/C14H25N2O8P/c1-10(2)4-5-11(9-23-25(20,21)22-3)24-13(8-17)16-7-6-12(18)15-14(16)19/h6-7,10-11,13,17H,4-5,8-9H2,1-3H3,(H,20,21)(H,15,18,19)/t11-,13-/m1/s1. The fourth-order valence-corrected chi connectivity index (χ4v) is 2.47. The summed E-state index contributed by atoms with van der Waals surface area (Å²) in [6.07, 6.45) is 0.652. The highest BCUT2D eigenvalue weighted by Crippen LogP contribution is 2.42.